The maximum Gasteiger partial charge on any atom is 0.234 e. The number of amides is 1. The molecule has 0 radical (unpaired) electrons. The average molecular weight is 404 g/mol. The highest BCUT2D eigenvalue weighted by molar-refractivity contribution is 9.10. The van der Waals surface area contributed by atoms with Crippen LogP contribution in [-0.4, -0.2) is 31.4 Å². The smallest absolute Gasteiger partial charge is 0.234 e. The van der Waals surface area contributed by atoms with Crippen LogP contribution >= 0.6 is 27.7 Å². The van der Waals surface area contributed by atoms with E-state index < -0.39 is 0 Å². The molecule has 6 nitrogen and oxygen atoms in total. The summed E-state index contributed by atoms with van der Waals surface area (Å²) in [5, 5.41) is 7.04. The van der Waals surface area contributed by atoms with E-state index in [9.17, 15) is 4.79 Å². The standard InChI is InChI=1S/C16H14BrN5OS/c17-12-4-5-15(22-11-18-10-20-22)14(7-12)21-16(23)9-24-8-13-3-1-2-6-19-13/h1-7,10-11H,8-9H2,(H,21,23). The molecule has 1 aromatic carbocycles. The Kier molecular flexibility index (Phi) is 5.60. The van der Waals surface area contributed by atoms with Crippen molar-refractivity contribution in [2.24, 2.45) is 0 Å². The molecule has 3 rings (SSSR count). The minimum Gasteiger partial charge on any atom is -0.323 e. The molecule has 0 aliphatic rings. The van der Waals surface area contributed by atoms with E-state index in [4.69, 9.17) is 0 Å². The summed E-state index contributed by atoms with van der Waals surface area (Å²) in [6.07, 6.45) is 4.80. The lowest BCUT2D eigenvalue weighted by atomic mass is 10.2. The number of nitrogens with zero attached hydrogens (tertiary/aromatic N) is 4. The van der Waals surface area contributed by atoms with Crippen LogP contribution in [0.3, 0.4) is 0 Å². The van der Waals surface area contributed by atoms with Crippen molar-refractivity contribution < 1.29 is 4.79 Å². The normalized spacial score (nSPS) is 10.5. The Balaban J connectivity index is 1.63. The summed E-state index contributed by atoms with van der Waals surface area (Å²) in [6, 6.07) is 11.4. The summed E-state index contributed by atoms with van der Waals surface area (Å²) in [5.41, 5.74) is 2.40. The molecule has 0 atom stereocenters. The van der Waals surface area contributed by atoms with Gasteiger partial charge in [-0.2, -0.15) is 5.10 Å². The van der Waals surface area contributed by atoms with Crippen molar-refractivity contribution in [3.05, 3.63) is 65.4 Å². The van der Waals surface area contributed by atoms with Crippen LogP contribution in [0.1, 0.15) is 5.69 Å². The van der Waals surface area contributed by atoms with E-state index >= 15 is 0 Å². The third-order valence-electron chi connectivity index (χ3n) is 3.11. The number of hydrogen-bond donors (Lipinski definition) is 1. The van der Waals surface area contributed by atoms with Gasteiger partial charge in [0.25, 0.3) is 0 Å². The first kappa shape index (κ1) is 16.7. The van der Waals surface area contributed by atoms with Gasteiger partial charge in [-0.05, 0) is 30.3 Å². The van der Waals surface area contributed by atoms with Crippen molar-refractivity contribution >= 4 is 39.3 Å². The average Bonchev–Trinajstić information content (AvgIpc) is 3.10. The van der Waals surface area contributed by atoms with Gasteiger partial charge in [0, 0.05) is 16.4 Å². The molecule has 0 saturated heterocycles. The second-order valence-electron chi connectivity index (χ2n) is 4.86. The Bertz CT molecular complexity index is 811. The molecule has 0 fully saturated rings. The number of carbonyl (C=O) groups excluding carboxylic acids is 1. The monoisotopic (exact) mass is 403 g/mol. The first-order valence-electron chi connectivity index (χ1n) is 7.14. The zero-order valence-corrected chi connectivity index (χ0v) is 15.0. The number of nitrogens with one attached hydrogen (secondary N) is 1. The van der Waals surface area contributed by atoms with Gasteiger partial charge in [-0.3, -0.25) is 9.78 Å². The highest BCUT2D eigenvalue weighted by Gasteiger charge is 2.10. The van der Waals surface area contributed by atoms with Crippen LogP contribution in [-0.2, 0) is 10.5 Å². The van der Waals surface area contributed by atoms with Crippen LogP contribution in [0.4, 0.5) is 5.69 Å². The van der Waals surface area contributed by atoms with E-state index in [1.54, 1.807) is 17.2 Å². The second kappa shape index (κ2) is 8.07. The summed E-state index contributed by atoms with van der Waals surface area (Å²) >= 11 is 4.94. The molecular weight excluding hydrogens is 390 g/mol. The molecule has 8 heteroatoms. The number of halogens is 1. The van der Waals surface area contributed by atoms with Gasteiger partial charge in [0.15, 0.2) is 0 Å². The number of anilines is 1. The topological polar surface area (TPSA) is 72.7 Å². The Hall–Kier alpha value is -2.19. The predicted octanol–water partition coefficient (Wildman–Crippen LogP) is 3.30. The maximum atomic E-state index is 12.2. The zero-order chi connectivity index (χ0) is 16.8. The molecule has 1 N–H and O–H groups in total. The van der Waals surface area contributed by atoms with Crippen LogP contribution in [0.15, 0.2) is 59.7 Å². The number of pyridine rings is 1. The minimum absolute atomic E-state index is 0.0737. The van der Waals surface area contributed by atoms with Crippen molar-refractivity contribution in [1.82, 2.24) is 19.7 Å². The van der Waals surface area contributed by atoms with E-state index in [0.717, 1.165) is 15.9 Å². The van der Waals surface area contributed by atoms with E-state index in [2.05, 4.69) is 36.3 Å². The fraction of sp³-hybridized carbons (Fsp3) is 0.125. The molecule has 0 spiro atoms. The molecule has 1 amide bonds. The van der Waals surface area contributed by atoms with E-state index in [0.29, 0.717) is 17.2 Å². The Morgan fingerprint density at radius 3 is 2.96 bits per heavy atom. The summed E-state index contributed by atoms with van der Waals surface area (Å²) < 4.78 is 2.49. The molecule has 0 aliphatic carbocycles. The first-order chi connectivity index (χ1) is 11.7. The van der Waals surface area contributed by atoms with Gasteiger partial charge in [-0.25, -0.2) is 9.67 Å². The molecule has 2 aromatic heterocycles. The fourth-order valence-electron chi connectivity index (χ4n) is 2.06. The molecule has 3 aromatic rings. The molecular formula is C16H14BrN5OS. The maximum absolute atomic E-state index is 12.2. The third-order valence-corrected chi connectivity index (χ3v) is 4.57. The molecule has 0 bridgehead atoms. The van der Waals surface area contributed by atoms with Gasteiger partial charge in [0.05, 0.1) is 22.8 Å². The second-order valence-corrected chi connectivity index (χ2v) is 6.76. The Morgan fingerprint density at radius 2 is 2.21 bits per heavy atom. The van der Waals surface area contributed by atoms with E-state index in [-0.39, 0.29) is 5.91 Å². The van der Waals surface area contributed by atoms with Crippen LogP contribution < -0.4 is 5.32 Å². The zero-order valence-electron chi connectivity index (χ0n) is 12.6. The number of rotatable bonds is 6. The van der Waals surface area contributed by atoms with Gasteiger partial charge in [-0.15, -0.1) is 11.8 Å². The van der Waals surface area contributed by atoms with Gasteiger partial charge >= 0.3 is 0 Å². The lowest BCUT2D eigenvalue weighted by Crippen LogP contribution is -2.16. The van der Waals surface area contributed by atoms with Gasteiger partial charge < -0.3 is 5.32 Å². The van der Waals surface area contributed by atoms with Gasteiger partial charge in [0.1, 0.15) is 12.7 Å². The van der Waals surface area contributed by atoms with Crippen LogP contribution in [0.5, 0.6) is 0 Å². The largest absolute Gasteiger partial charge is 0.323 e. The summed E-state index contributed by atoms with van der Waals surface area (Å²) in [7, 11) is 0. The molecule has 24 heavy (non-hydrogen) atoms. The highest BCUT2D eigenvalue weighted by Crippen LogP contribution is 2.24. The number of benzene rings is 1. The Morgan fingerprint density at radius 1 is 1.29 bits per heavy atom. The van der Waals surface area contributed by atoms with Crippen molar-refractivity contribution in [2.75, 3.05) is 11.1 Å². The lowest BCUT2D eigenvalue weighted by Gasteiger charge is -2.11. The SMILES string of the molecule is O=C(CSCc1ccccn1)Nc1cc(Br)ccc1-n1cncn1. The van der Waals surface area contributed by atoms with Gasteiger partial charge in [0.2, 0.25) is 5.91 Å². The van der Waals surface area contributed by atoms with Crippen LogP contribution in [0, 0.1) is 0 Å². The molecule has 122 valence electrons. The van der Waals surface area contributed by atoms with Crippen LogP contribution in [0.2, 0.25) is 0 Å². The number of aromatic nitrogens is 4. The van der Waals surface area contributed by atoms with Crippen molar-refractivity contribution in [3.63, 3.8) is 0 Å². The summed E-state index contributed by atoms with van der Waals surface area (Å²) in [4.78, 5) is 20.4. The number of carbonyl (C=O) groups is 1. The van der Waals surface area contributed by atoms with Crippen LogP contribution in [0.25, 0.3) is 5.69 Å². The Labute approximate surface area is 151 Å². The van der Waals surface area contributed by atoms with Crippen molar-refractivity contribution in [3.8, 4) is 5.69 Å². The first-order valence-corrected chi connectivity index (χ1v) is 9.09. The number of hydrogen-bond acceptors (Lipinski definition) is 5. The molecule has 0 aliphatic heterocycles. The summed E-state index contributed by atoms with van der Waals surface area (Å²) in [5.74, 6) is 0.971. The molecule has 0 saturated carbocycles. The quantitative estimate of drug-likeness (QED) is 0.683. The molecule has 0 unspecified atom stereocenters. The van der Waals surface area contributed by atoms with E-state index in [1.165, 1.54) is 18.1 Å². The summed E-state index contributed by atoms with van der Waals surface area (Å²) in [6.45, 7) is 0. The predicted molar refractivity (Wildman–Crippen MR) is 98.1 cm³/mol. The number of thioether (sulfide) groups is 1. The van der Waals surface area contributed by atoms with Gasteiger partial charge in [-0.1, -0.05) is 22.0 Å². The lowest BCUT2D eigenvalue weighted by molar-refractivity contribution is -0.113. The van der Waals surface area contributed by atoms with E-state index in [1.807, 2.05) is 36.4 Å². The van der Waals surface area contributed by atoms with Crippen molar-refractivity contribution in [2.45, 2.75) is 5.75 Å². The van der Waals surface area contributed by atoms with Crippen molar-refractivity contribution in [1.29, 1.82) is 0 Å². The molecule has 2 heterocycles. The highest BCUT2D eigenvalue weighted by atomic mass is 79.9. The third kappa shape index (κ3) is 4.42. The fourth-order valence-corrected chi connectivity index (χ4v) is 3.16. The minimum atomic E-state index is -0.0737.